The van der Waals surface area contributed by atoms with Crippen LogP contribution in [0.5, 0.6) is 5.75 Å². The number of benzene rings is 2. The molecule has 0 heterocycles. The number of hydrazine groups is 1. The largest absolute Gasteiger partial charge is 0.489 e. The zero-order valence-corrected chi connectivity index (χ0v) is 12.5. The molecule has 6 heteroatoms. The van der Waals surface area contributed by atoms with Gasteiger partial charge >= 0.3 is 5.97 Å². The lowest BCUT2D eigenvalue weighted by Gasteiger charge is -2.15. The maximum Gasteiger partial charge on any atom is 0.305 e. The molecule has 0 bridgehead atoms. The lowest BCUT2D eigenvalue weighted by atomic mass is 10.2. The quantitative estimate of drug-likeness (QED) is 0.463. The average Bonchev–Trinajstić information content (AvgIpc) is 2.58. The van der Waals surface area contributed by atoms with Gasteiger partial charge in [0.1, 0.15) is 12.4 Å². The predicted molar refractivity (Wildman–Crippen MR) is 84.7 cm³/mol. The summed E-state index contributed by atoms with van der Waals surface area (Å²) in [5.41, 5.74) is 1.43. The van der Waals surface area contributed by atoms with E-state index in [9.17, 15) is 9.59 Å². The Balaban J connectivity index is 1.91. The van der Waals surface area contributed by atoms with Crippen LogP contribution < -0.4 is 10.6 Å². The van der Waals surface area contributed by atoms with Crippen molar-refractivity contribution in [1.82, 2.24) is 5.01 Å². The summed E-state index contributed by atoms with van der Waals surface area (Å²) < 4.78 is 5.63. The van der Waals surface area contributed by atoms with Crippen molar-refractivity contribution >= 4 is 11.9 Å². The molecule has 0 aromatic heterocycles. The van der Waals surface area contributed by atoms with Crippen LogP contribution in [0.25, 0.3) is 0 Å². The molecule has 2 aromatic rings. The van der Waals surface area contributed by atoms with Crippen molar-refractivity contribution in [3.05, 3.63) is 65.7 Å². The molecule has 0 spiro atoms. The highest BCUT2D eigenvalue weighted by Gasteiger charge is 2.13. The molecule has 0 aliphatic carbocycles. The van der Waals surface area contributed by atoms with Gasteiger partial charge in [-0.3, -0.25) is 14.6 Å². The van der Waals surface area contributed by atoms with E-state index in [-0.39, 0.29) is 13.0 Å². The second-order valence-corrected chi connectivity index (χ2v) is 4.94. The van der Waals surface area contributed by atoms with Crippen LogP contribution in [0.1, 0.15) is 22.3 Å². The van der Waals surface area contributed by atoms with Gasteiger partial charge in [0.25, 0.3) is 5.91 Å². The molecular formula is C17H18N2O4. The van der Waals surface area contributed by atoms with Gasteiger partial charge in [0.05, 0.1) is 6.42 Å². The first-order valence-corrected chi connectivity index (χ1v) is 7.11. The molecule has 2 rings (SSSR count). The fraction of sp³-hybridized carbons (Fsp3) is 0.176. The van der Waals surface area contributed by atoms with E-state index in [4.69, 9.17) is 15.7 Å². The van der Waals surface area contributed by atoms with Gasteiger partial charge in [0.2, 0.25) is 0 Å². The van der Waals surface area contributed by atoms with Crippen LogP contribution in [0.15, 0.2) is 54.6 Å². The normalized spacial score (nSPS) is 10.1. The number of hydrogen-bond acceptors (Lipinski definition) is 4. The van der Waals surface area contributed by atoms with E-state index in [0.29, 0.717) is 17.9 Å². The molecule has 0 aliphatic heterocycles. The van der Waals surface area contributed by atoms with Gasteiger partial charge in [-0.2, -0.15) is 0 Å². The van der Waals surface area contributed by atoms with Gasteiger partial charge in [-0.05, 0) is 29.8 Å². The number of ether oxygens (including phenoxy) is 1. The van der Waals surface area contributed by atoms with E-state index in [1.54, 1.807) is 24.3 Å². The highest BCUT2D eigenvalue weighted by molar-refractivity contribution is 5.94. The molecule has 0 unspecified atom stereocenters. The third-order valence-corrected chi connectivity index (χ3v) is 3.18. The average molecular weight is 314 g/mol. The van der Waals surface area contributed by atoms with Crippen molar-refractivity contribution in [2.75, 3.05) is 6.54 Å². The number of nitrogens with two attached hydrogens (primary N) is 1. The molecule has 1 amide bonds. The van der Waals surface area contributed by atoms with Crippen molar-refractivity contribution in [1.29, 1.82) is 0 Å². The summed E-state index contributed by atoms with van der Waals surface area (Å²) >= 11 is 0. The van der Waals surface area contributed by atoms with Crippen molar-refractivity contribution in [3.63, 3.8) is 0 Å². The van der Waals surface area contributed by atoms with E-state index in [2.05, 4.69) is 0 Å². The van der Waals surface area contributed by atoms with Gasteiger partial charge in [0, 0.05) is 12.1 Å². The third-order valence-electron chi connectivity index (χ3n) is 3.18. The fourth-order valence-electron chi connectivity index (χ4n) is 1.92. The zero-order chi connectivity index (χ0) is 16.7. The Morgan fingerprint density at radius 1 is 1.04 bits per heavy atom. The Hall–Kier alpha value is -2.86. The Kier molecular flexibility index (Phi) is 5.71. The molecule has 2 aromatic carbocycles. The molecule has 0 radical (unpaired) electrons. The minimum absolute atomic E-state index is 0.0412. The highest BCUT2D eigenvalue weighted by atomic mass is 16.5. The van der Waals surface area contributed by atoms with Crippen LogP contribution in [0.2, 0.25) is 0 Å². The number of carbonyl (C=O) groups excluding carboxylic acids is 1. The van der Waals surface area contributed by atoms with Crippen LogP contribution in [-0.2, 0) is 11.4 Å². The maximum atomic E-state index is 12.0. The molecule has 3 N–H and O–H groups in total. The van der Waals surface area contributed by atoms with Crippen LogP contribution in [-0.4, -0.2) is 28.5 Å². The van der Waals surface area contributed by atoms with Crippen LogP contribution >= 0.6 is 0 Å². The maximum absolute atomic E-state index is 12.0. The molecule has 120 valence electrons. The molecule has 6 nitrogen and oxygen atoms in total. The van der Waals surface area contributed by atoms with Gasteiger partial charge in [-0.25, -0.2) is 5.84 Å². The smallest absolute Gasteiger partial charge is 0.305 e. The number of carboxylic acids is 1. The minimum atomic E-state index is -1.00. The molecule has 0 saturated carbocycles. The second-order valence-electron chi connectivity index (χ2n) is 4.94. The topological polar surface area (TPSA) is 92.9 Å². The zero-order valence-electron chi connectivity index (χ0n) is 12.5. The predicted octanol–water partition coefficient (Wildman–Crippen LogP) is 2.06. The number of aliphatic carboxylic acids is 1. The van der Waals surface area contributed by atoms with Crippen molar-refractivity contribution in [2.45, 2.75) is 13.0 Å². The Bertz CT molecular complexity index is 656. The van der Waals surface area contributed by atoms with Gasteiger partial charge in [0.15, 0.2) is 0 Å². The van der Waals surface area contributed by atoms with Gasteiger partial charge in [-0.15, -0.1) is 0 Å². The number of nitrogens with zero attached hydrogens (tertiary/aromatic N) is 1. The number of carboxylic acid groups (broad SMARTS) is 1. The molecule has 23 heavy (non-hydrogen) atoms. The standard InChI is InChI=1S/C17H18N2O4/c18-19(11-10-16(20)21)17(22)14-6-8-15(9-7-14)23-12-13-4-2-1-3-5-13/h1-9H,10-12,18H2,(H,20,21). The van der Waals surface area contributed by atoms with E-state index in [0.717, 1.165) is 10.6 Å². The number of carbonyl (C=O) groups is 2. The molecule has 0 fully saturated rings. The summed E-state index contributed by atoms with van der Waals surface area (Å²) in [5.74, 6) is 4.77. The van der Waals surface area contributed by atoms with Gasteiger partial charge in [-0.1, -0.05) is 30.3 Å². The van der Waals surface area contributed by atoms with Crippen molar-refractivity contribution in [2.24, 2.45) is 5.84 Å². The third kappa shape index (κ3) is 5.12. The first-order valence-electron chi connectivity index (χ1n) is 7.11. The summed E-state index contributed by atoms with van der Waals surface area (Å²) in [6.45, 7) is 0.399. The van der Waals surface area contributed by atoms with E-state index >= 15 is 0 Å². The van der Waals surface area contributed by atoms with Crippen LogP contribution in [0.4, 0.5) is 0 Å². The van der Waals surface area contributed by atoms with Crippen LogP contribution in [0.3, 0.4) is 0 Å². The Labute approximate surface area is 134 Å². The summed E-state index contributed by atoms with van der Waals surface area (Å²) in [6, 6.07) is 16.3. The number of rotatable bonds is 7. The SMILES string of the molecule is NN(CCC(=O)O)C(=O)c1ccc(OCc2ccccc2)cc1. The van der Waals surface area contributed by atoms with E-state index in [1.807, 2.05) is 30.3 Å². The monoisotopic (exact) mass is 314 g/mol. The lowest BCUT2D eigenvalue weighted by molar-refractivity contribution is -0.137. The summed E-state index contributed by atoms with van der Waals surface area (Å²) in [4.78, 5) is 22.5. The Morgan fingerprint density at radius 2 is 1.70 bits per heavy atom. The summed E-state index contributed by atoms with van der Waals surface area (Å²) in [5, 5.41) is 9.49. The minimum Gasteiger partial charge on any atom is -0.489 e. The molecule has 0 atom stereocenters. The van der Waals surface area contributed by atoms with Crippen molar-refractivity contribution in [3.8, 4) is 5.75 Å². The summed E-state index contributed by atoms with van der Waals surface area (Å²) in [7, 11) is 0. The van der Waals surface area contributed by atoms with Crippen LogP contribution in [0, 0.1) is 0 Å². The Morgan fingerprint density at radius 3 is 2.30 bits per heavy atom. The highest BCUT2D eigenvalue weighted by Crippen LogP contribution is 2.15. The first-order chi connectivity index (χ1) is 11.1. The molecule has 0 saturated heterocycles. The van der Waals surface area contributed by atoms with Gasteiger partial charge < -0.3 is 9.84 Å². The van der Waals surface area contributed by atoms with Crippen molar-refractivity contribution < 1.29 is 19.4 Å². The second kappa shape index (κ2) is 7.95. The van der Waals surface area contributed by atoms with E-state index < -0.39 is 11.9 Å². The summed E-state index contributed by atoms with van der Waals surface area (Å²) in [6.07, 6.45) is -0.194. The first kappa shape index (κ1) is 16.5. The fourth-order valence-corrected chi connectivity index (χ4v) is 1.92. The van der Waals surface area contributed by atoms with E-state index in [1.165, 1.54) is 0 Å². The lowest BCUT2D eigenvalue weighted by Crippen LogP contribution is -2.38. The molecular weight excluding hydrogens is 296 g/mol. The number of amides is 1. The number of hydrogen-bond donors (Lipinski definition) is 2. The molecule has 0 aliphatic rings.